The molecule has 14 heavy (non-hydrogen) atoms. The Hall–Kier alpha value is -0.570. The lowest BCUT2D eigenvalue weighted by Crippen LogP contribution is -2.47. The fourth-order valence-corrected chi connectivity index (χ4v) is 1.98. The van der Waals surface area contributed by atoms with Crippen LogP contribution in [0.2, 0.25) is 5.02 Å². The van der Waals surface area contributed by atoms with Gasteiger partial charge in [0.05, 0.1) is 0 Å². The molecule has 1 N–H and O–H groups in total. The summed E-state index contributed by atoms with van der Waals surface area (Å²) in [5.74, 6) is 0.470. The third-order valence-corrected chi connectivity index (χ3v) is 3.01. The normalized spacial score (nSPS) is 18.1. The number of nitrogens with zero attached hydrogens (tertiary/aromatic N) is 1. The summed E-state index contributed by atoms with van der Waals surface area (Å²) < 4.78 is 0. The summed E-state index contributed by atoms with van der Waals surface area (Å²) in [6.45, 7) is 3.18. The minimum absolute atomic E-state index is 0.305. The van der Waals surface area contributed by atoms with Crippen LogP contribution in [0.15, 0.2) is 24.3 Å². The number of aliphatic hydroxyl groups excluding tert-OH is 1. The van der Waals surface area contributed by atoms with Gasteiger partial charge in [0.15, 0.2) is 0 Å². The van der Waals surface area contributed by atoms with Gasteiger partial charge in [-0.1, -0.05) is 29.8 Å². The first-order valence-electron chi connectivity index (χ1n) is 4.86. The average Bonchev–Trinajstić information content (AvgIpc) is 2.13. The van der Waals surface area contributed by atoms with E-state index in [-0.39, 0.29) is 0 Å². The first-order valence-corrected chi connectivity index (χ1v) is 5.24. The molecule has 0 bridgehead atoms. The summed E-state index contributed by atoms with van der Waals surface area (Å²) in [6.07, 6.45) is 0. The van der Waals surface area contributed by atoms with Gasteiger partial charge in [0.1, 0.15) is 0 Å². The van der Waals surface area contributed by atoms with Gasteiger partial charge in [-0.25, -0.2) is 0 Å². The molecule has 0 aliphatic carbocycles. The van der Waals surface area contributed by atoms with Crippen LogP contribution in [-0.2, 0) is 6.54 Å². The molecule has 76 valence electrons. The van der Waals surface area contributed by atoms with E-state index >= 15 is 0 Å². The third-order valence-electron chi connectivity index (χ3n) is 2.64. The number of likely N-dealkylation sites (tertiary alicyclic amines) is 1. The molecule has 1 aliphatic rings. The maximum atomic E-state index is 8.87. The lowest BCUT2D eigenvalue weighted by atomic mass is 10.0. The first-order chi connectivity index (χ1) is 6.79. The van der Waals surface area contributed by atoms with Gasteiger partial charge < -0.3 is 5.11 Å². The summed E-state index contributed by atoms with van der Waals surface area (Å²) in [5.41, 5.74) is 1.17. The molecule has 1 heterocycles. The highest BCUT2D eigenvalue weighted by Crippen LogP contribution is 2.22. The van der Waals surface area contributed by atoms with E-state index in [0.717, 1.165) is 24.7 Å². The van der Waals surface area contributed by atoms with Crippen LogP contribution in [0.3, 0.4) is 0 Å². The second-order valence-corrected chi connectivity index (χ2v) is 4.24. The van der Waals surface area contributed by atoms with Crippen molar-refractivity contribution >= 4 is 11.6 Å². The molecule has 2 nitrogen and oxygen atoms in total. The van der Waals surface area contributed by atoms with Crippen molar-refractivity contribution in [3.63, 3.8) is 0 Å². The van der Waals surface area contributed by atoms with Crippen LogP contribution in [0, 0.1) is 5.92 Å². The van der Waals surface area contributed by atoms with Crippen LogP contribution in [-0.4, -0.2) is 29.7 Å². The Labute approximate surface area is 89.1 Å². The standard InChI is InChI=1S/C11H14ClNO/c12-11-4-2-1-3-10(11)7-13-5-9(6-13)8-14/h1-4,9,14H,5-8H2. The van der Waals surface area contributed by atoms with Crippen molar-refractivity contribution in [1.29, 1.82) is 0 Å². The molecule has 0 aromatic heterocycles. The van der Waals surface area contributed by atoms with Gasteiger partial charge in [0, 0.05) is 37.2 Å². The van der Waals surface area contributed by atoms with E-state index in [9.17, 15) is 0 Å². The van der Waals surface area contributed by atoms with Crippen molar-refractivity contribution in [2.24, 2.45) is 5.92 Å². The molecule has 0 radical (unpaired) electrons. The Morgan fingerprint density at radius 2 is 2.07 bits per heavy atom. The summed E-state index contributed by atoms with van der Waals surface area (Å²) in [6, 6.07) is 7.91. The highest BCUT2D eigenvalue weighted by molar-refractivity contribution is 6.31. The molecule has 1 aromatic rings. The molecule has 2 rings (SSSR count). The van der Waals surface area contributed by atoms with Crippen LogP contribution in [0.25, 0.3) is 0 Å². The lowest BCUT2D eigenvalue weighted by Gasteiger charge is -2.38. The van der Waals surface area contributed by atoms with Crippen molar-refractivity contribution < 1.29 is 5.11 Å². The van der Waals surface area contributed by atoms with Gasteiger partial charge in [-0.3, -0.25) is 4.90 Å². The SMILES string of the molecule is OCC1CN(Cc2ccccc2Cl)C1. The number of halogens is 1. The van der Waals surface area contributed by atoms with Gasteiger partial charge >= 0.3 is 0 Å². The minimum Gasteiger partial charge on any atom is -0.396 e. The summed E-state index contributed by atoms with van der Waals surface area (Å²) in [4.78, 5) is 2.29. The zero-order valence-corrected chi connectivity index (χ0v) is 8.74. The Bertz CT molecular complexity index is 310. The monoisotopic (exact) mass is 211 g/mol. The molecule has 0 spiro atoms. The second kappa shape index (κ2) is 4.30. The fourth-order valence-electron chi connectivity index (χ4n) is 1.79. The molecule has 1 aromatic carbocycles. The van der Waals surface area contributed by atoms with E-state index in [1.54, 1.807) is 0 Å². The Kier molecular flexibility index (Phi) is 3.06. The Morgan fingerprint density at radius 3 is 2.71 bits per heavy atom. The van der Waals surface area contributed by atoms with Gasteiger partial charge in [-0.15, -0.1) is 0 Å². The Morgan fingerprint density at radius 1 is 1.36 bits per heavy atom. The Balaban J connectivity index is 1.90. The molecule has 0 unspecified atom stereocenters. The first kappa shape index (κ1) is 9.97. The predicted molar refractivity (Wildman–Crippen MR) is 57.3 cm³/mol. The number of aliphatic hydroxyl groups is 1. The largest absolute Gasteiger partial charge is 0.396 e. The average molecular weight is 212 g/mol. The molecule has 3 heteroatoms. The molecular weight excluding hydrogens is 198 g/mol. The van der Waals surface area contributed by atoms with E-state index in [2.05, 4.69) is 11.0 Å². The summed E-state index contributed by atoms with van der Waals surface area (Å²) in [7, 11) is 0. The summed E-state index contributed by atoms with van der Waals surface area (Å²) in [5, 5.41) is 9.71. The number of hydrogen-bond donors (Lipinski definition) is 1. The third kappa shape index (κ3) is 2.08. The molecule has 0 amide bonds. The maximum absolute atomic E-state index is 8.87. The van der Waals surface area contributed by atoms with E-state index in [4.69, 9.17) is 16.7 Å². The highest BCUT2D eigenvalue weighted by Gasteiger charge is 2.25. The number of hydrogen-bond acceptors (Lipinski definition) is 2. The summed E-state index contributed by atoms with van der Waals surface area (Å²) >= 11 is 6.04. The van der Waals surface area contributed by atoms with Crippen molar-refractivity contribution in [1.82, 2.24) is 4.90 Å². The minimum atomic E-state index is 0.305. The number of rotatable bonds is 3. The van der Waals surface area contributed by atoms with Gasteiger partial charge in [-0.05, 0) is 11.6 Å². The van der Waals surface area contributed by atoms with Crippen LogP contribution in [0.1, 0.15) is 5.56 Å². The smallest absolute Gasteiger partial charge is 0.0483 e. The maximum Gasteiger partial charge on any atom is 0.0483 e. The van der Waals surface area contributed by atoms with Gasteiger partial charge in [-0.2, -0.15) is 0 Å². The van der Waals surface area contributed by atoms with E-state index < -0.39 is 0 Å². The van der Waals surface area contributed by atoms with Crippen LogP contribution >= 0.6 is 11.6 Å². The quantitative estimate of drug-likeness (QED) is 0.824. The van der Waals surface area contributed by atoms with E-state index in [1.165, 1.54) is 5.56 Å². The van der Waals surface area contributed by atoms with E-state index in [1.807, 2.05) is 18.2 Å². The van der Waals surface area contributed by atoms with Crippen molar-refractivity contribution in [2.45, 2.75) is 6.54 Å². The van der Waals surface area contributed by atoms with Gasteiger partial charge in [0.2, 0.25) is 0 Å². The second-order valence-electron chi connectivity index (χ2n) is 3.83. The zero-order chi connectivity index (χ0) is 9.97. The van der Waals surface area contributed by atoms with E-state index in [0.29, 0.717) is 12.5 Å². The zero-order valence-electron chi connectivity index (χ0n) is 7.99. The van der Waals surface area contributed by atoms with Crippen LogP contribution in [0.4, 0.5) is 0 Å². The fraction of sp³-hybridized carbons (Fsp3) is 0.455. The highest BCUT2D eigenvalue weighted by atomic mass is 35.5. The van der Waals surface area contributed by atoms with Crippen LogP contribution < -0.4 is 0 Å². The molecular formula is C11H14ClNO. The van der Waals surface area contributed by atoms with Crippen molar-refractivity contribution in [2.75, 3.05) is 19.7 Å². The predicted octanol–water partition coefficient (Wildman–Crippen LogP) is 1.76. The van der Waals surface area contributed by atoms with Gasteiger partial charge in [0.25, 0.3) is 0 Å². The molecule has 1 saturated heterocycles. The van der Waals surface area contributed by atoms with Crippen LogP contribution in [0.5, 0.6) is 0 Å². The molecule has 1 aliphatic heterocycles. The topological polar surface area (TPSA) is 23.5 Å². The molecule has 1 fully saturated rings. The lowest BCUT2D eigenvalue weighted by molar-refractivity contribution is 0.0479. The van der Waals surface area contributed by atoms with Crippen molar-refractivity contribution in [3.05, 3.63) is 34.9 Å². The molecule has 0 atom stereocenters. The number of benzene rings is 1. The molecule has 0 saturated carbocycles. The van der Waals surface area contributed by atoms with Crippen molar-refractivity contribution in [3.8, 4) is 0 Å².